The predicted molar refractivity (Wildman–Crippen MR) is 127 cm³/mol. The van der Waals surface area contributed by atoms with E-state index in [4.69, 9.17) is 11.5 Å². The lowest BCUT2D eigenvalue weighted by atomic mass is 10.0. The van der Waals surface area contributed by atoms with Crippen LogP contribution in [0.5, 0.6) is 0 Å². The van der Waals surface area contributed by atoms with Crippen molar-refractivity contribution in [3.63, 3.8) is 0 Å². The van der Waals surface area contributed by atoms with E-state index in [1.165, 1.54) is 24.2 Å². The number of rotatable bonds is 6. The van der Waals surface area contributed by atoms with Crippen LogP contribution >= 0.6 is 11.9 Å². The first kappa shape index (κ1) is 24.8. The summed E-state index contributed by atoms with van der Waals surface area (Å²) in [6.07, 6.45) is -2.26. The number of benzene rings is 1. The quantitative estimate of drug-likeness (QED) is 0.376. The van der Waals surface area contributed by atoms with Crippen molar-refractivity contribution in [3.05, 3.63) is 66.1 Å². The summed E-state index contributed by atoms with van der Waals surface area (Å²) in [6, 6.07) is 11.2. The Morgan fingerprint density at radius 1 is 1.11 bits per heavy atom. The zero-order valence-electron chi connectivity index (χ0n) is 18.4. The molecule has 8 nitrogen and oxygen atoms in total. The number of aliphatic hydroxyl groups excluding tert-OH is 1. The fraction of sp³-hybridized carbons (Fsp3) is 0.261. The SMILES string of the molecule is NC(=O)c1ncc(-c2ccc(SN3CCC(Nc4ccc(C(F)(F)F)cn4)C(O)C3)cc2)cc1N. The molecule has 2 unspecified atom stereocenters. The topological polar surface area (TPSA) is 130 Å². The van der Waals surface area contributed by atoms with E-state index in [1.807, 2.05) is 28.6 Å². The van der Waals surface area contributed by atoms with Gasteiger partial charge in [-0.15, -0.1) is 0 Å². The van der Waals surface area contributed by atoms with Crippen molar-refractivity contribution in [1.29, 1.82) is 0 Å². The molecule has 35 heavy (non-hydrogen) atoms. The number of primary amides is 1. The molecule has 0 radical (unpaired) electrons. The van der Waals surface area contributed by atoms with Gasteiger partial charge in [-0.25, -0.2) is 14.3 Å². The summed E-state index contributed by atoms with van der Waals surface area (Å²) in [7, 11) is 0. The molecule has 184 valence electrons. The van der Waals surface area contributed by atoms with Crippen molar-refractivity contribution in [1.82, 2.24) is 14.3 Å². The number of nitrogens with zero attached hydrogens (tertiary/aromatic N) is 3. The number of β-amino-alcohol motifs (C(OH)–C–C–N with tert-alkyl or cyclic N) is 1. The number of carbonyl (C=O) groups excluding carboxylic acids is 1. The molecule has 1 aliphatic rings. The Morgan fingerprint density at radius 2 is 1.86 bits per heavy atom. The number of carbonyl (C=O) groups is 1. The molecule has 0 aliphatic carbocycles. The molecule has 6 N–H and O–H groups in total. The normalized spacial score (nSPS) is 18.9. The maximum atomic E-state index is 12.7. The van der Waals surface area contributed by atoms with Crippen LogP contribution < -0.4 is 16.8 Å². The number of nitrogens with two attached hydrogens (primary N) is 2. The molecule has 1 fully saturated rings. The van der Waals surface area contributed by atoms with E-state index >= 15 is 0 Å². The summed E-state index contributed by atoms with van der Waals surface area (Å²) < 4.78 is 40.1. The number of alkyl halides is 3. The van der Waals surface area contributed by atoms with Gasteiger partial charge in [-0.2, -0.15) is 13.2 Å². The number of aliphatic hydroxyl groups is 1. The second kappa shape index (κ2) is 10.1. The smallest absolute Gasteiger partial charge is 0.397 e. The lowest BCUT2D eigenvalue weighted by Crippen LogP contribution is -2.47. The molecule has 0 bridgehead atoms. The standard InChI is InChI=1S/C23H23F3N6O2S/c24-23(25,26)15-3-6-20(29-11-15)31-18-7-8-32(12-19(18)33)35-16-4-1-13(2-5-16)14-9-17(27)21(22(28)34)30-10-14/h1-6,9-11,18-19,33H,7-8,12,27H2,(H2,28,34)(H,29,31). The number of hydrogen-bond acceptors (Lipinski definition) is 8. The lowest BCUT2D eigenvalue weighted by Gasteiger charge is -2.35. The van der Waals surface area contributed by atoms with Crippen molar-refractivity contribution >= 4 is 29.4 Å². The third kappa shape index (κ3) is 6.02. The monoisotopic (exact) mass is 504 g/mol. The summed E-state index contributed by atoms with van der Waals surface area (Å²) in [5.41, 5.74) is 12.2. The fourth-order valence-corrected chi connectivity index (χ4v) is 4.67. The van der Waals surface area contributed by atoms with Gasteiger partial charge in [0.25, 0.3) is 5.91 Å². The predicted octanol–water partition coefficient (Wildman–Crippen LogP) is 3.40. The van der Waals surface area contributed by atoms with E-state index in [2.05, 4.69) is 15.3 Å². The van der Waals surface area contributed by atoms with Gasteiger partial charge in [-0.3, -0.25) is 4.79 Å². The summed E-state index contributed by atoms with van der Waals surface area (Å²) in [4.78, 5) is 20.1. The number of amides is 1. The molecular weight excluding hydrogens is 481 g/mol. The number of pyridine rings is 2. The van der Waals surface area contributed by atoms with Crippen LogP contribution in [0.2, 0.25) is 0 Å². The van der Waals surface area contributed by atoms with Crippen LogP contribution in [0.4, 0.5) is 24.7 Å². The van der Waals surface area contributed by atoms with E-state index in [9.17, 15) is 23.1 Å². The van der Waals surface area contributed by atoms with E-state index < -0.39 is 23.8 Å². The Bertz CT molecular complexity index is 1190. The van der Waals surface area contributed by atoms with Crippen LogP contribution in [0.25, 0.3) is 11.1 Å². The van der Waals surface area contributed by atoms with Crippen molar-refractivity contribution in [2.24, 2.45) is 5.73 Å². The molecule has 3 aromatic rings. The summed E-state index contributed by atoms with van der Waals surface area (Å²) in [6.45, 7) is 1.04. The van der Waals surface area contributed by atoms with Gasteiger partial charge >= 0.3 is 6.18 Å². The van der Waals surface area contributed by atoms with Gasteiger partial charge in [0.1, 0.15) is 5.82 Å². The minimum Gasteiger partial charge on any atom is -0.397 e. The largest absolute Gasteiger partial charge is 0.417 e. The summed E-state index contributed by atoms with van der Waals surface area (Å²) >= 11 is 1.50. The molecular formula is C23H23F3N6O2S. The first-order chi connectivity index (χ1) is 16.6. The zero-order valence-corrected chi connectivity index (χ0v) is 19.2. The highest BCUT2D eigenvalue weighted by Crippen LogP contribution is 2.31. The van der Waals surface area contributed by atoms with Gasteiger partial charge < -0.3 is 21.9 Å². The molecule has 1 amide bonds. The van der Waals surface area contributed by atoms with Gasteiger partial charge in [0, 0.05) is 35.9 Å². The molecule has 12 heteroatoms. The highest BCUT2D eigenvalue weighted by molar-refractivity contribution is 7.97. The molecule has 1 aliphatic heterocycles. The fourth-order valence-electron chi connectivity index (χ4n) is 3.69. The van der Waals surface area contributed by atoms with Gasteiger partial charge in [0.15, 0.2) is 5.69 Å². The maximum Gasteiger partial charge on any atom is 0.417 e. The third-order valence-electron chi connectivity index (χ3n) is 5.54. The van der Waals surface area contributed by atoms with Crippen molar-refractivity contribution in [2.45, 2.75) is 29.6 Å². The highest BCUT2D eigenvalue weighted by atomic mass is 32.2. The third-order valence-corrected chi connectivity index (χ3v) is 6.61. The Hall–Kier alpha value is -3.35. The van der Waals surface area contributed by atoms with Gasteiger partial charge in [0.2, 0.25) is 0 Å². The van der Waals surface area contributed by atoms with E-state index in [-0.39, 0.29) is 23.2 Å². The van der Waals surface area contributed by atoms with Crippen LogP contribution in [0.3, 0.4) is 0 Å². The second-order valence-corrected chi connectivity index (χ2v) is 9.24. The number of nitrogens with one attached hydrogen (secondary N) is 1. The van der Waals surface area contributed by atoms with Crippen molar-refractivity contribution in [2.75, 3.05) is 24.1 Å². The molecule has 3 heterocycles. The minimum atomic E-state index is -4.44. The molecule has 4 rings (SSSR count). The summed E-state index contributed by atoms with van der Waals surface area (Å²) in [5.74, 6) is -0.393. The molecule has 1 saturated heterocycles. The van der Waals surface area contributed by atoms with Crippen LogP contribution in [-0.4, -0.2) is 50.5 Å². The zero-order chi connectivity index (χ0) is 25.2. The molecule has 1 aromatic carbocycles. The number of anilines is 2. The Morgan fingerprint density at radius 3 is 2.43 bits per heavy atom. The molecule has 0 spiro atoms. The van der Waals surface area contributed by atoms with Crippen LogP contribution in [0.15, 0.2) is 59.8 Å². The van der Waals surface area contributed by atoms with Crippen LogP contribution in [0.1, 0.15) is 22.5 Å². The minimum absolute atomic E-state index is 0.0338. The first-order valence-corrected chi connectivity index (χ1v) is 11.4. The van der Waals surface area contributed by atoms with Crippen LogP contribution in [0, 0.1) is 0 Å². The Labute approximate surface area is 203 Å². The molecule has 0 saturated carbocycles. The average molecular weight is 505 g/mol. The van der Waals surface area contributed by atoms with Crippen molar-refractivity contribution < 1.29 is 23.1 Å². The summed E-state index contributed by atoms with van der Waals surface area (Å²) in [5, 5.41) is 13.6. The molecule has 2 aromatic heterocycles. The lowest BCUT2D eigenvalue weighted by molar-refractivity contribution is -0.137. The molecule has 2 atom stereocenters. The van der Waals surface area contributed by atoms with Crippen molar-refractivity contribution in [3.8, 4) is 11.1 Å². The second-order valence-electron chi connectivity index (χ2n) is 8.07. The number of piperidine rings is 1. The van der Waals surface area contributed by atoms with E-state index in [1.54, 1.807) is 6.07 Å². The number of nitrogen functional groups attached to an aromatic ring is 1. The maximum absolute atomic E-state index is 12.7. The number of aromatic nitrogens is 2. The van der Waals surface area contributed by atoms with Gasteiger partial charge in [-0.05, 0) is 54.3 Å². The number of hydrogen-bond donors (Lipinski definition) is 4. The Balaban J connectivity index is 1.32. The van der Waals surface area contributed by atoms with E-state index in [0.717, 1.165) is 28.3 Å². The Kier molecular flexibility index (Phi) is 7.15. The van der Waals surface area contributed by atoms with Crippen LogP contribution in [-0.2, 0) is 6.18 Å². The number of halogens is 3. The van der Waals surface area contributed by atoms with Gasteiger partial charge in [-0.1, -0.05) is 12.1 Å². The van der Waals surface area contributed by atoms with E-state index in [0.29, 0.717) is 19.5 Å². The first-order valence-electron chi connectivity index (χ1n) is 10.7. The van der Waals surface area contributed by atoms with Gasteiger partial charge in [0.05, 0.1) is 23.4 Å². The highest BCUT2D eigenvalue weighted by Gasteiger charge is 2.31. The average Bonchev–Trinajstić information content (AvgIpc) is 2.81.